The van der Waals surface area contributed by atoms with Crippen LogP contribution in [0.3, 0.4) is 0 Å². The molecule has 2 N–H and O–H groups in total. The van der Waals surface area contributed by atoms with Gasteiger partial charge in [-0.05, 0) is 42.6 Å². The summed E-state index contributed by atoms with van der Waals surface area (Å²) in [5, 5.41) is 11.8. The van der Waals surface area contributed by atoms with Gasteiger partial charge in [-0.3, -0.25) is 4.79 Å². The van der Waals surface area contributed by atoms with Crippen LogP contribution in [0.15, 0.2) is 30.3 Å². The molecule has 1 unspecified atom stereocenters. The average Bonchev–Trinajstić information content (AvgIpc) is 3.31. The molecular weight excluding hydrogens is 254 g/mol. The molecule has 2 fully saturated rings. The summed E-state index contributed by atoms with van der Waals surface area (Å²) >= 11 is 0. The van der Waals surface area contributed by atoms with E-state index in [1.165, 1.54) is 5.56 Å². The van der Waals surface area contributed by atoms with Gasteiger partial charge in [0.05, 0.1) is 0 Å². The van der Waals surface area contributed by atoms with E-state index in [0.29, 0.717) is 18.3 Å². The first-order chi connectivity index (χ1) is 9.65. The summed E-state index contributed by atoms with van der Waals surface area (Å²) in [7, 11) is 0. The second-order valence-corrected chi connectivity index (χ2v) is 5.94. The van der Waals surface area contributed by atoms with Gasteiger partial charge in [0.25, 0.3) is 0 Å². The summed E-state index contributed by atoms with van der Waals surface area (Å²) in [6.07, 6.45) is 3.29. The smallest absolute Gasteiger partial charge is 0.326 e. The van der Waals surface area contributed by atoms with E-state index in [0.717, 1.165) is 19.3 Å². The number of rotatable bonds is 6. The van der Waals surface area contributed by atoms with Gasteiger partial charge in [0, 0.05) is 6.42 Å². The Labute approximate surface area is 118 Å². The van der Waals surface area contributed by atoms with Crippen molar-refractivity contribution in [1.82, 2.24) is 5.32 Å². The monoisotopic (exact) mass is 273 g/mol. The molecule has 0 heterocycles. The minimum absolute atomic E-state index is 0.118. The van der Waals surface area contributed by atoms with E-state index in [2.05, 4.69) is 17.4 Å². The predicted octanol–water partition coefficient (Wildman–Crippen LogP) is 2.16. The number of amides is 1. The predicted molar refractivity (Wildman–Crippen MR) is 74.2 cm³/mol. The van der Waals surface area contributed by atoms with Crippen molar-refractivity contribution in [1.29, 1.82) is 0 Å². The highest BCUT2D eigenvalue weighted by atomic mass is 16.4. The first-order valence-electron chi connectivity index (χ1n) is 7.22. The van der Waals surface area contributed by atoms with Gasteiger partial charge in [0.2, 0.25) is 5.91 Å². The highest BCUT2D eigenvalue weighted by molar-refractivity contribution is 5.84. The number of carboxylic acids is 1. The van der Waals surface area contributed by atoms with Gasteiger partial charge in [-0.25, -0.2) is 4.79 Å². The van der Waals surface area contributed by atoms with Crippen molar-refractivity contribution in [2.45, 2.75) is 37.6 Å². The summed E-state index contributed by atoms with van der Waals surface area (Å²) in [6, 6.07) is 9.51. The summed E-state index contributed by atoms with van der Waals surface area (Å²) in [6.45, 7) is 0. The molecule has 106 valence electrons. The minimum Gasteiger partial charge on any atom is -0.480 e. The summed E-state index contributed by atoms with van der Waals surface area (Å²) in [5.41, 5.74) is 1.28. The van der Waals surface area contributed by atoms with Crippen LogP contribution in [0.5, 0.6) is 0 Å². The van der Waals surface area contributed by atoms with Crippen molar-refractivity contribution in [3.63, 3.8) is 0 Å². The molecule has 0 aromatic heterocycles. The Morgan fingerprint density at radius 2 is 1.95 bits per heavy atom. The summed E-state index contributed by atoms with van der Waals surface area (Å²) in [5.74, 6) is -0.0539. The lowest BCUT2D eigenvalue weighted by atomic mass is 10.1. The zero-order valence-corrected chi connectivity index (χ0v) is 11.3. The van der Waals surface area contributed by atoms with E-state index >= 15 is 0 Å². The van der Waals surface area contributed by atoms with Crippen LogP contribution in [0, 0.1) is 11.8 Å². The Kier molecular flexibility index (Phi) is 3.47. The number of hydrogen-bond acceptors (Lipinski definition) is 2. The zero-order chi connectivity index (χ0) is 14.1. The molecular formula is C16H19NO3. The van der Waals surface area contributed by atoms with Crippen LogP contribution in [-0.2, 0) is 9.59 Å². The first kappa shape index (κ1) is 13.2. The normalized spacial score (nSPS) is 25.8. The molecule has 0 aliphatic heterocycles. The standard InChI is InChI=1S/C16H19NO3/c18-14(17-15(16(19)20)11-6-7-11)9-12-8-13(12)10-4-2-1-3-5-10/h1-5,11-13,15H,6-9H2,(H,17,18)(H,19,20)/t12-,13-,15?/m0/s1. The molecule has 1 amide bonds. The SMILES string of the molecule is O=C(C[C@@H]1C[C@H]1c1ccccc1)NC(C(=O)O)C1CC1. The summed E-state index contributed by atoms with van der Waals surface area (Å²) in [4.78, 5) is 23.0. The van der Waals surface area contributed by atoms with Gasteiger partial charge >= 0.3 is 5.97 Å². The number of carbonyl (C=O) groups excluding carboxylic acids is 1. The molecule has 2 saturated carbocycles. The van der Waals surface area contributed by atoms with E-state index in [1.54, 1.807) is 0 Å². The fraction of sp³-hybridized carbons (Fsp3) is 0.500. The number of carboxylic acid groups (broad SMARTS) is 1. The molecule has 4 nitrogen and oxygen atoms in total. The van der Waals surface area contributed by atoms with E-state index in [9.17, 15) is 9.59 Å². The van der Waals surface area contributed by atoms with Gasteiger partial charge in [0.15, 0.2) is 0 Å². The Hall–Kier alpha value is -1.84. The van der Waals surface area contributed by atoms with Crippen LogP contribution < -0.4 is 5.32 Å². The summed E-state index contributed by atoms with van der Waals surface area (Å²) < 4.78 is 0. The third kappa shape index (κ3) is 3.00. The molecule has 2 aliphatic rings. The Morgan fingerprint density at radius 3 is 2.55 bits per heavy atom. The quantitative estimate of drug-likeness (QED) is 0.834. The number of hydrogen-bond donors (Lipinski definition) is 2. The molecule has 0 spiro atoms. The van der Waals surface area contributed by atoms with E-state index < -0.39 is 12.0 Å². The van der Waals surface area contributed by atoms with Gasteiger partial charge in [-0.1, -0.05) is 30.3 Å². The molecule has 2 aliphatic carbocycles. The largest absolute Gasteiger partial charge is 0.480 e. The molecule has 0 bridgehead atoms. The highest BCUT2D eigenvalue weighted by Crippen LogP contribution is 2.49. The third-order valence-corrected chi connectivity index (χ3v) is 4.27. The van der Waals surface area contributed by atoms with Gasteiger partial charge in [-0.15, -0.1) is 0 Å². The van der Waals surface area contributed by atoms with Crippen molar-refractivity contribution in [3.05, 3.63) is 35.9 Å². The van der Waals surface area contributed by atoms with Crippen LogP contribution in [0.2, 0.25) is 0 Å². The van der Waals surface area contributed by atoms with Crippen molar-refractivity contribution < 1.29 is 14.7 Å². The fourth-order valence-electron chi connectivity index (χ4n) is 2.86. The molecule has 4 heteroatoms. The average molecular weight is 273 g/mol. The van der Waals surface area contributed by atoms with Crippen LogP contribution in [0.1, 0.15) is 37.2 Å². The molecule has 1 aromatic carbocycles. The highest BCUT2D eigenvalue weighted by Gasteiger charge is 2.41. The first-order valence-corrected chi connectivity index (χ1v) is 7.22. The lowest BCUT2D eigenvalue weighted by Crippen LogP contribution is -2.42. The van der Waals surface area contributed by atoms with Gasteiger partial charge in [0.1, 0.15) is 6.04 Å². The van der Waals surface area contributed by atoms with Crippen molar-refractivity contribution in [2.24, 2.45) is 11.8 Å². The van der Waals surface area contributed by atoms with Crippen molar-refractivity contribution in [2.75, 3.05) is 0 Å². The van der Waals surface area contributed by atoms with Gasteiger partial charge in [-0.2, -0.15) is 0 Å². The van der Waals surface area contributed by atoms with Crippen LogP contribution >= 0.6 is 0 Å². The fourth-order valence-corrected chi connectivity index (χ4v) is 2.86. The number of aliphatic carboxylic acids is 1. The maximum absolute atomic E-state index is 11.9. The molecule has 0 radical (unpaired) electrons. The number of nitrogens with one attached hydrogen (secondary N) is 1. The van der Waals surface area contributed by atoms with Crippen LogP contribution in [0.25, 0.3) is 0 Å². The zero-order valence-electron chi connectivity index (χ0n) is 11.3. The third-order valence-electron chi connectivity index (χ3n) is 4.27. The van der Waals surface area contributed by atoms with E-state index in [1.807, 2.05) is 18.2 Å². The van der Waals surface area contributed by atoms with Crippen molar-refractivity contribution >= 4 is 11.9 Å². The molecule has 3 atom stereocenters. The maximum Gasteiger partial charge on any atom is 0.326 e. The Morgan fingerprint density at radius 1 is 1.25 bits per heavy atom. The molecule has 0 saturated heterocycles. The van der Waals surface area contributed by atoms with Crippen LogP contribution in [0.4, 0.5) is 0 Å². The van der Waals surface area contributed by atoms with Crippen molar-refractivity contribution in [3.8, 4) is 0 Å². The second-order valence-electron chi connectivity index (χ2n) is 5.94. The lowest BCUT2D eigenvalue weighted by Gasteiger charge is -2.13. The Bertz CT molecular complexity index is 510. The van der Waals surface area contributed by atoms with Crippen LogP contribution in [-0.4, -0.2) is 23.0 Å². The lowest BCUT2D eigenvalue weighted by molar-refractivity contribution is -0.142. The maximum atomic E-state index is 11.9. The minimum atomic E-state index is -0.906. The molecule has 3 rings (SSSR count). The second kappa shape index (κ2) is 5.27. The number of benzene rings is 1. The van der Waals surface area contributed by atoms with E-state index in [4.69, 9.17) is 5.11 Å². The van der Waals surface area contributed by atoms with E-state index in [-0.39, 0.29) is 11.8 Å². The molecule has 20 heavy (non-hydrogen) atoms. The Balaban J connectivity index is 1.49. The number of carbonyl (C=O) groups is 2. The molecule has 1 aromatic rings. The topological polar surface area (TPSA) is 66.4 Å². The van der Waals surface area contributed by atoms with Gasteiger partial charge < -0.3 is 10.4 Å².